The first-order chi connectivity index (χ1) is 11.4. The standard InChI is InChI=1S/C18H15FN2O3/c1-11-7-8-13(9-15(11)19)18(23)24-12(2)17(22)21-16-6-4-3-5-14(16)10-20/h3-9,12H,1-2H3,(H,21,22)/t12-/m1/s1. The average molecular weight is 326 g/mol. The Kier molecular flexibility index (Phi) is 5.27. The van der Waals surface area contributed by atoms with E-state index in [-0.39, 0.29) is 5.56 Å². The maximum atomic E-state index is 13.5. The van der Waals surface area contributed by atoms with Gasteiger partial charge < -0.3 is 10.1 Å². The number of esters is 1. The number of para-hydroxylation sites is 1. The van der Waals surface area contributed by atoms with Crippen LogP contribution in [-0.2, 0) is 9.53 Å². The van der Waals surface area contributed by atoms with Gasteiger partial charge in [-0.2, -0.15) is 5.26 Å². The Labute approximate surface area is 138 Å². The number of aryl methyl sites for hydroxylation is 1. The number of nitrogens with zero attached hydrogens (tertiary/aromatic N) is 1. The summed E-state index contributed by atoms with van der Waals surface area (Å²) >= 11 is 0. The highest BCUT2D eigenvalue weighted by atomic mass is 19.1. The summed E-state index contributed by atoms with van der Waals surface area (Å²) in [6.07, 6.45) is -1.10. The molecule has 0 saturated heterocycles. The molecule has 0 radical (unpaired) electrons. The number of carbonyl (C=O) groups excluding carboxylic acids is 2. The van der Waals surface area contributed by atoms with Gasteiger partial charge in [0.05, 0.1) is 16.8 Å². The number of benzene rings is 2. The molecule has 5 nitrogen and oxygen atoms in total. The van der Waals surface area contributed by atoms with E-state index in [1.807, 2.05) is 6.07 Å². The predicted octanol–water partition coefficient (Wildman–Crippen LogP) is 3.19. The average Bonchev–Trinajstić information content (AvgIpc) is 2.57. The van der Waals surface area contributed by atoms with Gasteiger partial charge in [0.2, 0.25) is 0 Å². The van der Waals surface area contributed by atoms with Crippen molar-refractivity contribution in [2.75, 3.05) is 5.32 Å². The van der Waals surface area contributed by atoms with E-state index in [2.05, 4.69) is 5.32 Å². The Morgan fingerprint density at radius 3 is 2.62 bits per heavy atom. The number of nitrogens with one attached hydrogen (secondary N) is 1. The number of anilines is 1. The molecule has 0 spiro atoms. The zero-order valence-electron chi connectivity index (χ0n) is 13.2. The van der Waals surface area contributed by atoms with Crippen LogP contribution in [0.1, 0.15) is 28.4 Å². The van der Waals surface area contributed by atoms with Crippen molar-refractivity contribution in [1.29, 1.82) is 5.26 Å². The molecule has 0 unspecified atom stereocenters. The molecule has 0 fully saturated rings. The molecular weight excluding hydrogens is 311 g/mol. The van der Waals surface area contributed by atoms with Crippen LogP contribution < -0.4 is 5.32 Å². The fourth-order valence-corrected chi connectivity index (χ4v) is 1.93. The molecule has 6 heteroatoms. The third-order valence-electron chi connectivity index (χ3n) is 3.37. The Hall–Kier alpha value is -3.20. The normalized spacial score (nSPS) is 11.2. The molecule has 1 atom stereocenters. The van der Waals surface area contributed by atoms with E-state index in [1.165, 1.54) is 19.1 Å². The van der Waals surface area contributed by atoms with E-state index < -0.39 is 23.8 Å². The summed E-state index contributed by atoms with van der Waals surface area (Å²) < 4.78 is 18.5. The Morgan fingerprint density at radius 1 is 1.25 bits per heavy atom. The second kappa shape index (κ2) is 7.38. The number of nitriles is 1. The van der Waals surface area contributed by atoms with Gasteiger partial charge in [-0.25, -0.2) is 9.18 Å². The van der Waals surface area contributed by atoms with Crippen LogP contribution in [0.4, 0.5) is 10.1 Å². The third kappa shape index (κ3) is 3.96. The lowest BCUT2D eigenvalue weighted by Gasteiger charge is -2.14. The van der Waals surface area contributed by atoms with Crippen LogP contribution in [0.5, 0.6) is 0 Å². The fraction of sp³-hybridized carbons (Fsp3) is 0.167. The molecule has 2 aromatic rings. The first-order valence-corrected chi connectivity index (χ1v) is 7.19. The van der Waals surface area contributed by atoms with E-state index in [4.69, 9.17) is 10.00 Å². The highest BCUT2D eigenvalue weighted by Crippen LogP contribution is 2.15. The zero-order chi connectivity index (χ0) is 17.7. The molecule has 24 heavy (non-hydrogen) atoms. The van der Waals surface area contributed by atoms with Gasteiger partial charge in [0.1, 0.15) is 11.9 Å². The number of amides is 1. The Bertz CT molecular complexity index is 827. The van der Waals surface area contributed by atoms with Crippen LogP contribution in [0.15, 0.2) is 42.5 Å². The fourth-order valence-electron chi connectivity index (χ4n) is 1.93. The monoisotopic (exact) mass is 326 g/mol. The van der Waals surface area contributed by atoms with Gasteiger partial charge >= 0.3 is 5.97 Å². The minimum atomic E-state index is -1.10. The van der Waals surface area contributed by atoms with Crippen molar-refractivity contribution in [3.8, 4) is 6.07 Å². The molecule has 0 aromatic heterocycles. The first kappa shape index (κ1) is 17.2. The summed E-state index contributed by atoms with van der Waals surface area (Å²) in [6.45, 7) is 2.97. The van der Waals surface area contributed by atoms with Crippen molar-refractivity contribution in [2.45, 2.75) is 20.0 Å². The van der Waals surface area contributed by atoms with Gasteiger partial charge in [-0.3, -0.25) is 4.79 Å². The van der Waals surface area contributed by atoms with Crippen molar-refractivity contribution in [3.05, 3.63) is 65.0 Å². The summed E-state index contributed by atoms with van der Waals surface area (Å²) in [4.78, 5) is 24.1. The second-order valence-corrected chi connectivity index (χ2v) is 5.16. The van der Waals surface area contributed by atoms with Gasteiger partial charge in [-0.15, -0.1) is 0 Å². The molecule has 0 aliphatic rings. The molecular formula is C18H15FN2O3. The molecule has 2 aromatic carbocycles. The lowest BCUT2D eigenvalue weighted by molar-refractivity contribution is -0.123. The SMILES string of the molecule is Cc1ccc(C(=O)O[C@H](C)C(=O)Nc2ccccc2C#N)cc1F. The quantitative estimate of drug-likeness (QED) is 0.875. The van der Waals surface area contributed by atoms with Crippen molar-refractivity contribution >= 4 is 17.6 Å². The maximum Gasteiger partial charge on any atom is 0.339 e. The molecule has 0 aliphatic carbocycles. The van der Waals surface area contributed by atoms with Crippen LogP contribution in [0.25, 0.3) is 0 Å². The van der Waals surface area contributed by atoms with Gasteiger partial charge in [-0.1, -0.05) is 18.2 Å². The van der Waals surface area contributed by atoms with Crippen molar-refractivity contribution < 1.29 is 18.7 Å². The van der Waals surface area contributed by atoms with Crippen LogP contribution in [0, 0.1) is 24.1 Å². The zero-order valence-corrected chi connectivity index (χ0v) is 13.2. The van der Waals surface area contributed by atoms with Gasteiger partial charge in [-0.05, 0) is 43.7 Å². The number of carbonyl (C=O) groups is 2. The minimum Gasteiger partial charge on any atom is -0.449 e. The van der Waals surface area contributed by atoms with Crippen molar-refractivity contribution in [2.24, 2.45) is 0 Å². The van der Waals surface area contributed by atoms with Crippen LogP contribution >= 0.6 is 0 Å². The van der Waals surface area contributed by atoms with E-state index in [9.17, 15) is 14.0 Å². The van der Waals surface area contributed by atoms with Gasteiger partial charge in [0.15, 0.2) is 6.10 Å². The predicted molar refractivity (Wildman–Crippen MR) is 85.8 cm³/mol. The van der Waals surface area contributed by atoms with E-state index in [0.29, 0.717) is 16.8 Å². The Morgan fingerprint density at radius 2 is 1.96 bits per heavy atom. The second-order valence-electron chi connectivity index (χ2n) is 5.16. The summed E-state index contributed by atoms with van der Waals surface area (Å²) in [5, 5.41) is 11.5. The molecule has 0 heterocycles. The minimum absolute atomic E-state index is 0.0233. The largest absolute Gasteiger partial charge is 0.449 e. The topological polar surface area (TPSA) is 79.2 Å². The Balaban J connectivity index is 2.04. The number of hydrogen-bond donors (Lipinski definition) is 1. The summed E-state index contributed by atoms with van der Waals surface area (Å²) in [5.41, 5.74) is 1.06. The van der Waals surface area contributed by atoms with E-state index in [1.54, 1.807) is 31.2 Å². The molecule has 122 valence electrons. The maximum absolute atomic E-state index is 13.5. The van der Waals surface area contributed by atoms with E-state index in [0.717, 1.165) is 6.07 Å². The summed E-state index contributed by atoms with van der Waals surface area (Å²) in [5.74, 6) is -1.91. The lowest BCUT2D eigenvalue weighted by Crippen LogP contribution is -2.30. The lowest BCUT2D eigenvalue weighted by atomic mass is 10.1. The molecule has 0 aliphatic heterocycles. The molecule has 2 rings (SSSR count). The molecule has 0 saturated carbocycles. The number of rotatable bonds is 4. The number of halogens is 1. The summed E-state index contributed by atoms with van der Waals surface area (Å²) in [6, 6.07) is 12.4. The third-order valence-corrected chi connectivity index (χ3v) is 3.37. The van der Waals surface area contributed by atoms with Crippen LogP contribution in [0.2, 0.25) is 0 Å². The van der Waals surface area contributed by atoms with E-state index >= 15 is 0 Å². The molecule has 1 amide bonds. The van der Waals surface area contributed by atoms with Crippen molar-refractivity contribution in [1.82, 2.24) is 0 Å². The highest BCUT2D eigenvalue weighted by molar-refractivity contribution is 5.98. The van der Waals surface area contributed by atoms with Gasteiger partial charge in [0.25, 0.3) is 5.91 Å². The highest BCUT2D eigenvalue weighted by Gasteiger charge is 2.20. The van der Waals surface area contributed by atoms with Crippen LogP contribution in [-0.4, -0.2) is 18.0 Å². The van der Waals surface area contributed by atoms with Gasteiger partial charge in [0, 0.05) is 0 Å². The molecule has 0 bridgehead atoms. The van der Waals surface area contributed by atoms with Crippen molar-refractivity contribution in [3.63, 3.8) is 0 Å². The van der Waals surface area contributed by atoms with Crippen LogP contribution in [0.3, 0.4) is 0 Å². The first-order valence-electron chi connectivity index (χ1n) is 7.19. The smallest absolute Gasteiger partial charge is 0.339 e. The summed E-state index contributed by atoms with van der Waals surface area (Å²) in [7, 11) is 0. The number of hydrogen-bond acceptors (Lipinski definition) is 4. The number of ether oxygens (including phenoxy) is 1. The molecule has 1 N–H and O–H groups in total.